The zero-order chi connectivity index (χ0) is 26.8. The maximum atomic E-state index is 6.49. The molecule has 2 heterocycles. The minimum absolute atomic E-state index is 0.259. The number of fused-ring (bicyclic) bond motifs is 6. The number of aromatic nitrogens is 2. The lowest BCUT2D eigenvalue weighted by molar-refractivity contribution is 0.655. The summed E-state index contributed by atoms with van der Waals surface area (Å²) >= 11 is 0. The van der Waals surface area contributed by atoms with Crippen LogP contribution in [0.1, 0.15) is 25.0 Å². The molecule has 0 saturated carbocycles. The fraction of sp³-hybridized carbons (Fsp3) is 0.0811. The second-order valence-corrected chi connectivity index (χ2v) is 11.0. The van der Waals surface area contributed by atoms with E-state index < -0.39 is 0 Å². The van der Waals surface area contributed by atoms with Crippen LogP contribution in [-0.4, -0.2) is 9.97 Å². The average Bonchev–Trinajstić information content (AvgIpc) is 3.50. The first-order chi connectivity index (χ1) is 19.6. The van der Waals surface area contributed by atoms with Crippen LogP contribution in [0.3, 0.4) is 0 Å². The molecule has 0 atom stereocenters. The Balaban J connectivity index is 1.40. The number of nitrogens with zero attached hydrogens (tertiary/aromatic N) is 2. The molecule has 190 valence electrons. The summed E-state index contributed by atoms with van der Waals surface area (Å²) in [4.78, 5) is 10.5. The van der Waals surface area contributed by atoms with Crippen molar-refractivity contribution in [3.05, 3.63) is 132 Å². The van der Waals surface area contributed by atoms with Crippen molar-refractivity contribution in [3.63, 3.8) is 0 Å². The molecule has 0 amide bonds. The van der Waals surface area contributed by atoms with Crippen LogP contribution in [0.25, 0.3) is 67.0 Å². The highest BCUT2D eigenvalue weighted by Gasteiger charge is 2.40. The molecule has 0 saturated heterocycles. The second-order valence-electron chi connectivity index (χ2n) is 11.0. The van der Waals surface area contributed by atoms with Gasteiger partial charge in [0.2, 0.25) is 0 Å². The Hall–Kier alpha value is -5.02. The topological polar surface area (TPSA) is 38.9 Å². The van der Waals surface area contributed by atoms with Crippen LogP contribution >= 0.6 is 0 Å². The number of furan rings is 1. The van der Waals surface area contributed by atoms with E-state index in [1.165, 1.54) is 22.3 Å². The molecule has 3 nitrogen and oxygen atoms in total. The van der Waals surface area contributed by atoms with Gasteiger partial charge in [0.05, 0.1) is 11.4 Å². The van der Waals surface area contributed by atoms with E-state index in [2.05, 4.69) is 117 Å². The van der Waals surface area contributed by atoms with E-state index in [-0.39, 0.29) is 5.41 Å². The van der Waals surface area contributed by atoms with Gasteiger partial charge in [-0.3, -0.25) is 0 Å². The Morgan fingerprint density at radius 1 is 0.525 bits per heavy atom. The third-order valence-corrected chi connectivity index (χ3v) is 8.30. The highest BCUT2D eigenvalue weighted by atomic mass is 16.3. The summed E-state index contributed by atoms with van der Waals surface area (Å²) in [6.45, 7) is 4.55. The number of hydrogen-bond acceptors (Lipinski definition) is 3. The van der Waals surface area contributed by atoms with Crippen LogP contribution in [0.15, 0.2) is 126 Å². The van der Waals surface area contributed by atoms with Gasteiger partial charge in [-0.1, -0.05) is 123 Å². The first-order valence-electron chi connectivity index (χ1n) is 13.7. The molecule has 0 N–H and O–H groups in total. The quantitative estimate of drug-likeness (QED) is 0.236. The third kappa shape index (κ3) is 3.31. The summed E-state index contributed by atoms with van der Waals surface area (Å²) in [5.74, 6) is 0.717. The Morgan fingerprint density at radius 2 is 1.12 bits per heavy atom. The van der Waals surface area contributed by atoms with Gasteiger partial charge < -0.3 is 4.42 Å². The number of para-hydroxylation sites is 2. The summed E-state index contributed by atoms with van der Waals surface area (Å²) in [5.41, 5.74) is 11.4. The lowest BCUT2D eigenvalue weighted by Crippen LogP contribution is -2.17. The summed E-state index contributed by atoms with van der Waals surface area (Å²) in [5, 5.41) is 2.21. The van der Waals surface area contributed by atoms with E-state index in [1.54, 1.807) is 0 Å². The third-order valence-electron chi connectivity index (χ3n) is 8.30. The molecule has 40 heavy (non-hydrogen) atoms. The molecular formula is C37H26N2O. The monoisotopic (exact) mass is 514 g/mol. The van der Waals surface area contributed by atoms with Gasteiger partial charge in [-0.05, 0) is 28.8 Å². The standard InChI is InChI=1S/C37H26N2O/c1-37(2)30-17-8-6-14-28(30)33-32(37)34(29-16-10-15-27-26-13-7-9-18-31(26)40-35(27)29)39-36(38-33)25-21-19-24(20-22-25)23-11-4-3-5-12-23/h3-22H,1-2H3. The molecule has 1 aliphatic rings. The molecule has 8 rings (SSSR count). The molecule has 1 aliphatic carbocycles. The van der Waals surface area contributed by atoms with E-state index >= 15 is 0 Å². The predicted molar refractivity (Wildman–Crippen MR) is 163 cm³/mol. The molecular weight excluding hydrogens is 488 g/mol. The zero-order valence-electron chi connectivity index (χ0n) is 22.3. The van der Waals surface area contributed by atoms with Crippen molar-refractivity contribution in [2.24, 2.45) is 0 Å². The minimum atomic E-state index is -0.259. The summed E-state index contributed by atoms with van der Waals surface area (Å²) in [7, 11) is 0. The van der Waals surface area contributed by atoms with Crippen molar-refractivity contribution in [1.29, 1.82) is 0 Å². The zero-order valence-corrected chi connectivity index (χ0v) is 22.3. The van der Waals surface area contributed by atoms with Gasteiger partial charge in [-0.25, -0.2) is 9.97 Å². The predicted octanol–water partition coefficient (Wildman–Crippen LogP) is 9.68. The van der Waals surface area contributed by atoms with Crippen molar-refractivity contribution >= 4 is 21.9 Å². The number of hydrogen-bond donors (Lipinski definition) is 0. The van der Waals surface area contributed by atoms with E-state index in [9.17, 15) is 0 Å². The van der Waals surface area contributed by atoms with E-state index in [1.807, 2.05) is 18.2 Å². The van der Waals surface area contributed by atoms with Gasteiger partial charge in [-0.15, -0.1) is 0 Å². The molecule has 0 spiro atoms. The second kappa shape index (κ2) is 8.49. The maximum absolute atomic E-state index is 6.49. The molecule has 0 unspecified atom stereocenters. The molecule has 0 fully saturated rings. The summed E-state index contributed by atoms with van der Waals surface area (Å²) in [6.07, 6.45) is 0. The Morgan fingerprint density at radius 3 is 1.95 bits per heavy atom. The molecule has 0 bridgehead atoms. The molecule has 7 aromatic rings. The summed E-state index contributed by atoms with van der Waals surface area (Å²) in [6, 6.07) is 42.2. The van der Waals surface area contributed by atoms with E-state index in [0.29, 0.717) is 5.82 Å². The Bertz CT molecular complexity index is 2070. The van der Waals surface area contributed by atoms with Gasteiger partial charge in [0.25, 0.3) is 0 Å². The molecule has 0 aliphatic heterocycles. The van der Waals surface area contributed by atoms with E-state index in [0.717, 1.165) is 50.0 Å². The minimum Gasteiger partial charge on any atom is -0.455 e. The van der Waals surface area contributed by atoms with Gasteiger partial charge in [0, 0.05) is 38.4 Å². The number of benzene rings is 5. The molecule has 0 radical (unpaired) electrons. The lowest BCUT2D eigenvalue weighted by Gasteiger charge is -2.23. The largest absolute Gasteiger partial charge is 0.455 e. The van der Waals surface area contributed by atoms with Gasteiger partial charge in [0.1, 0.15) is 11.2 Å². The van der Waals surface area contributed by atoms with Crippen LogP contribution < -0.4 is 0 Å². The maximum Gasteiger partial charge on any atom is 0.160 e. The van der Waals surface area contributed by atoms with Crippen molar-refractivity contribution in [2.45, 2.75) is 19.3 Å². The van der Waals surface area contributed by atoms with Crippen LogP contribution in [0.2, 0.25) is 0 Å². The van der Waals surface area contributed by atoms with Gasteiger partial charge in [-0.2, -0.15) is 0 Å². The smallest absolute Gasteiger partial charge is 0.160 e. The van der Waals surface area contributed by atoms with Crippen LogP contribution in [0.5, 0.6) is 0 Å². The van der Waals surface area contributed by atoms with Crippen molar-refractivity contribution in [2.75, 3.05) is 0 Å². The SMILES string of the molecule is CC1(C)c2ccccc2-c2nc(-c3ccc(-c4ccccc4)cc3)nc(-c3cccc4c3oc3ccccc34)c21. The Labute approximate surface area is 232 Å². The summed E-state index contributed by atoms with van der Waals surface area (Å²) < 4.78 is 6.49. The van der Waals surface area contributed by atoms with Crippen molar-refractivity contribution < 1.29 is 4.42 Å². The molecule has 5 aromatic carbocycles. The van der Waals surface area contributed by atoms with E-state index in [4.69, 9.17) is 14.4 Å². The molecule has 3 heteroatoms. The van der Waals surface area contributed by atoms with Crippen molar-refractivity contribution in [1.82, 2.24) is 9.97 Å². The fourth-order valence-electron chi connectivity index (χ4n) is 6.32. The fourth-order valence-corrected chi connectivity index (χ4v) is 6.32. The average molecular weight is 515 g/mol. The highest BCUT2D eigenvalue weighted by molar-refractivity contribution is 6.10. The van der Waals surface area contributed by atoms with Gasteiger partial charge in [0.15, 0.2) is 5.82 Å². The van der Waals surface area contributed by atoms with Crippen LogP contribution in [0.4, 0.5) is 0 Å². The van der Waals surface area contributed by atoms with Crippen LogP contribution in [0, 0.1) is 0 Å². The first-order valence-corrected chi connectivity index (χ1v) is 13.7. The first kappa shape index (κ1) is 22.9. The van der Waals surface area contributed by atoms with Crippen LogP contribution in [-0.2, 0) is 5.41 Å². The highest BCUT2D eigenvalue weighted by Crippen LogP contribution is 2.52. The van der Waals surface area contributed by atoms with Crippen molar-refractivity contribution in [3.8, 4) is 45.0 Å². The normalized spacial score (nSPS) is 13.4. The number of rotatable bonds is 3. The lowest BCUT2D eigenvalue weighted by atomic mass is 9.80. The Kier molecular flexibility index (Phi) is 4.86. The molecule has 2 aromatic heterocycles. The van der Waals surface area contributed by atoms with Gasteiger partial charge >= 0.3 is 0 Å².